The summed E-state index contributed by atoms with van der Waals surface area (Å²) < 4.78 is 0. The Hall–Kier alpha value is -1.58. The molecule has 2 aromatic rings. The van der Waals surface area contributed by atoms with Gasteiger partial charge in [0.05, 0.1) is 6.67 Å². The third-order valence-electron chi connectivity index (χ3n) is 3.07. The standard InChI is InChI=1S/C14H14ClN3/c15-13-5-3-11(4-6-13)8-18-9-12-2-1-7-16-14(12)17-10-18/h1-7H,8-10H2,(H,16,17). The van der Waals surface area contributed by atoms with E-state index in [0.717, 1.165) is 30.6 Å². The van der Waals surface area contributed by atoms with E-state index in [9.17, 15) is 0 Å². The first-order chi connectivity index (χ1) is 8.81. The van der Waals surface area contributed by atoms with E-state index in [0.29, 0.717) is 0 Å². The number of nitrogens with zero attached hydrogens (tertiary/aromatic N) is 2. The minimum atomic E-state index is 0.782. The van der Waals surface area contributed by atoms with Gasteiger partial charge in [0.15, 0.2) is 0 Å². The first-order valence-corrected chi connectivity index (χ1v) is 6.33. The average Bonchev–Trinajstić information content (AvgIpc) is 2.41. The molecule has 3 rings (SSSR count). The van der Waals surface area contributed by atoms with Crippen molar-refractivity contribution in [1.82, 2.24) is 9.88 Å². The topological polar surface area (TPSA) is 28.2 Å². The molecule has 1 aromatic heterocycles. The van der Waals surface area contributed by atoms with E-state index in [1.165, 1.54) is 11.1 Å². The highest BCUT2D eigenvalue weighted by Crippen LogP contribution is 2.20. The number of hydrogen-bond acceptors (Lipinski definition) is 3. The number of hydrogen-bond donors (Lipinski definition) is 1. The third-order valence-corrected chi connectivity index (χ3v) is 3.33. The molecule has 0 radical (unpaired) electrons. The summed E-state index contributed by atoms with van der Waals surface area (Å²) in [6.07, 6.45) is 1.82. The van der Waals surface area contributed by atoms with Crippen LogP contribution in [-0.4, -0.2) is 16.6 Å². The first-order valence-electron chi connectivity index (χ1n) is 5.96. The lowest BCUT2D eigenvalue weighted by atomic mass is 10.1. The Morgan fingerprint density at radius 1 is 1.22 bits per heavy atom. The second-order valence-electron chi connectivity index (χ2n) is 4.46. The minimum absolute atomic E-state index is 0.782. The lowest BCUT2D eigenvalue weighted by molar-refractivity contribution is 0.266. The van der Waals surface area contributed by atoms with E-state index in [1.54, 1.807) is 0 Å². The van der Waals surface area contributed by atoms with Crippen LogP contribution in [0.3, 0.4) is 0 Å². The van der Waals surface area contributed by atoms with Crippen LogP contribution < -0.4 is 5.32 Å². The summed E-state index contributed by atoms with van der Waals surface area (Å²) in [6, 6.07) is 12.1. The third kappa shape index (κ3) is 2.47. The van der Waals surface area contributed by atoms with E-state index in [-0.39, 0.29) is 0 Å². The van der Waals surface area contributed by atoms with Gasteiger partial charge in [-0.25, -0.2) is 4.98 Å². The fourth-order valence-corrected chi connectivity index (χ4v) is 2.29. The monoisotopic (exact) mass is 259 g/mol. The number of rotatable bonds is 2. The van der Waals surface area contributed by atoms with Crippen molar-refractivity contribution < 1.29 is 0 Å². The van der Waals surface area contributed by atoms with Gasteiger partial charge in [-0.05, 0) is 23.8 Å². The quantitative estimate of drug-likeness (QED) is 0.898. The first kappa shape index (κ1) is 11.5. The minimum Gasteiger partial charge on any atom is -0.357 e. The van der Waals surface area contributed by atoms with Crippen molar-refractivity contribution in [2.45, 2.75) is 13.1 Å². The van der Waals surface area contributed by atoms with Crippen molar-refractivity contribution in [3.63, 3.8) is 0 Å². The van der Waals surface area contributed by atoms with Crippen molar-refractivity contribution in [2.24, 2.45) is 0 Å². The molecule has 0 amide bonds. The van der Waals surface area contributed by atoms with E-state index in [2.05, 4.69) is 33.4 Å². The molecule has 0 aliphatic carbocycles. The Bertz CT molecular complexity index is 539. The summed E-state index contributed by atoms with van der Waals surface area (Å²) in [5.74, 6) is 1.00. The van der Waals surface area contributed by atoms with Crippen molar-refractivity contribution in [2.75, 3.05) is 12.0 Å². The highest BCUT2D eigenvalue weighted by Gasteiger charge is 2.15. The SMILES string of the molecule is Clc1ccc(CN2CNc3ncccc3C2)cc1. The van der Waals surface area contributed by atoms with Crippen LogP contribution in [0.2, 0.25) is 5.02 Å². The summed E-state index contributed by atoms with van der Waals surface area (Å²) in [7, 11) is 0. The summed E-state index contributed by atoms with van der Waals surface area (Å²) in [4.78, 5) is 6.66. The van der Waals surface area contributed by atoms with E-state index < -0.39 is 0 Å². The summed E-state index contributed by atoms with van der Waals surface area (Å²) in [6.45, 7) is 2.67. The maximum absolute atomic E-state index is 5.89. The second-order valence-corrected chi connectivity index (χ2v) is 4.90. The molecule has 18 heavy (non-hydrogen) atoms. The zero-order valence-corrected chi connectivity index (χ0v) is 10.7. The van der Waals surface area contributed by atoms with Crippen LogP contribution in [0.15, 0.2) is 42.6 Å². The van der Waals surface area contributed by atoms with Gasteiger partial charge >= 0.3 is 0 Å². The van der Waals surface area contributed by atoms with Crippen LogP contribution in [0.1, 0.15) is 11.1 Å². The van der Waals surface area contributed by atoms with Crippen LogP contribution in [0.25, 0.3) is 0 Å². The van der Waals surface area contributed by atoms with Crippen LogP contribution in [0, 0.1) is 0 Å². The lowest BCUT2D eigenvalue weighted by Gasteiger charge is -2.29. The van der Waals surface area contributed by atoms with Crippen molar-refractivity contribution in [3.8, 4) is 0 Å². The van der Waals surface area contributed by atoms with Gasteiger partial charge in [0.2, 0.25) is 0 Å². The van der Waals surface area contributed by atoms with Crippen molar-refractivity contribution in [3.05, 3.63) is 58.7 Å². The molecule has 1 aromatic carbocycles. The molecule has 1 aliphatic heterocycles. The smallest absolute Gasteiger partial charge is 0.131 e. The van der Waals surface area contributed by atoms with E-state index in [1.807, 2.05) is 24.4 Å². The molecule has 3 nitrogen and oxygen atoms in total. The van der Waals surface area contributed by atoms with Crippen LogP contribution in [-0.2, 0) is 13.1 Å². The Balaban J connectivity index is 1.71. The fourth-order valence-electron chi connectivity index (χ4n) is 2.17. The molecule has 4 heteroatoms. The molecule has 1 N–H and O–H groups in total. The van der Waals surface area contributed by atoms with Crippen molar-refractivity contribution in [1.29, 1.82) is 0 Å². The zero-order chi connectivity index (χ0) is 12.4. The van der Waals surface area contributed by atoms with Crippen LogP contribution in [0.5, 0.6) is 0 Å². The van der Waals surface area contributed by atoms with Gasteiger partial charge in [-0.1, -0.05) is 29.8 Å². The number of fused-ring (bicyclic) bond motifs is 1. The normalized spacial score (nSPS) is 14.9. The van der Waals surface area contributed by atoms with E-state index >= 15 is 0 Å². The Kier molecular flexibility index (Phi) is 3.17. The molecule has 2 heterocycles. The van der Waals surface area contributed by atoms with Crippen molar-refractivity contribution >= 4 is 17.4 Å². The second kappa shape index (κ2) is 4.96. The predicted molar refractivity (Wildman–Crippen MR) is 73.4 cm³/mol. The Labute approximate surface area is 111 Å². The molecule has 0 fully saturated rings. The van der Waals surface area contributed by atoms with Gasteiger partial charge in [-0.15, -0.1) is 0 Å². The molecular formula is C14H14ClN3. The largest absolute Gasteiger partial charge is 0.357 e. The highest BCUT2D eigenvalue weighted by molar-refractivity contribution is 6.30. The molecular weight excluding hydrogens is 246 g/mol. The summed E-state index contributed by atoms with van der Waals surface area (Å²) in [5, 5.41) is 4.12. The number of aromatic nitrogens is 1. The average molecular weight is 260 g/mol. The molecule has 0 saturated heterocycles. The Morgan fingerprint density at radius 3 is 2.89 bits per heavy atom. The van der Waals surface area contributed by atoms with Gasteiger partial charge in [0, 0.05) is 29.9 Å². The number of pyridine rings is 1. The number of benzene rings is 1. The Morgan fingerprint density at radius 2 is 2.06 bits per heavy atom. The highest BCUT2D eigenvalue weighted by atomic mass is 35.5. The van der Waals surface area contributed by atoms with Crippen LogP contribution in [0.4, 0.5) is 5.82 Å². The maximum atomic E-state index is 5.89. The molecule has 1 aliphatic rings. The predicted octanol–water partition coefficient (Wildman–Crippen LogP) is 3.12. The lowest BCUT2D eigenvalue weighted by Crippen LogP contribution is -2.33. The van der Waals surface area contributed by atoms with Gasteiger partial charge in [0.25, 0.3) is 0 Å². The van der Waals surface area contributed by atoms with E-state index in [4.69, 9.17) is 11.6 Å². The number of nitrogens with one attached hydrogen (secondary N) is 1. The van der Waals surface area contributed by atoms with Gasteiger partial charge in [-0.2, -0.15) is 0 Å². The molecule has 0 atom stereocenters. The molecule has 0 spiro atoms. The summed E-state index contributed by atoms with van der Waals surface area (Å²) >= 11 is 5.89. The molecule has 92 valence electrons. The number of anilines is 1. The fraction of sp³-hybridized carbons (Fsp3) is 0.214. The zero-order valence-electron chi connectivity index (χ0n) is 9.94. The van der Waals surface area contributed by atoms with Crippen LogP contribution >= 0.6 is 11.6 Å². The molecule has 0 bridgehead atoms. The summed E-state index contributed by atoms with van der Waals surface area (Å²) in [5.41, 5.74) is 2.52. The maximum Gasteiger partial charge on any atom is 0.131 e. The number of halogens is 1. The molecule has 0 unspecified atom stereocenters. The van der Waals surface area contributed by atoms with Gasteiger partial charge in [-0.3, -0.25) is 4.90 Å². The van der Waals surface area contributed by atoms with Gasteiger partial charge in [0.1, 0.15) is 5.82 Å². The molecule has 0 saturated carbocycles. The van der Waals surface area contributed by atoms with Gasteiger partial charge < -0.3 is 5.32 Å².